The van der Waals surface area contributed by atoms with Crippen molar-refractivity contribution in [3.8, 4) is 11.5 Å². The monoisotopic (exact) mass is 427 g/mol. The molecule has 0 aliphatic heterocycles. The minimum absolute atomic E-state index is 0.258. The minimum atomic E-state index is -0.580. The first-order valence-electron chi connectivity index (χ1n) is 6.45. The maximum atomic E-state index is 11.7. The number of benzene rings is 2. The van der Waals surface area contributed by atoms with Crippen LogP contribution in [0.2, 0.25) is 0 Å². The maximum Gasteiger partial charge on any atom is 0.256 e. The van der Waals surface area contributed by atoms with Gasteiger partial charge in [0.1, 0.15) is 17.1 Å². The molecule has 22 heavy (non-hydrogen) atoms. The number of amides is 1. The Kier molecular flexibility index (Phi) is 5.47. The first kappa shape index (κ1) is 16.8. The van der Waals surface area contributed by atoms with Gasteiger partial charge in [-0.25, -0.2) is 0 Å². The van der Waals surface area contributed by atoms with Crippen molar-refractivity contribution < 1.29 is 14.3 Å². The molecule has 0 aliphatic rings. The molecule has 0 fully saturated rings. The maximum absolute atomic E-state index is 11.7. The zero-order valence-corrected chi connectivity index (χ0v) is 15.3. The number of carbonyl (C=O) groups excluding carboxylic acids is 1. The smallest absolute Gasteiger partial charge is 0.256 e. The van der Waals surface area contributed by atoms with E-state index < -0.39 is 5.91 Å². The standard InChI is InChI=1S/C16H15Br2NO3/c1-21-13-6-3-9(15(22-2)14(13)16(19)20)7-10-8-11(17)4-5-12(10)18/h3-6,8H,7H2,1-2H3,(H2,19,20). The molecule has 0 radical (unpaired) electrons. The van der Waals surface area contributed by atoms with Gasteiger partial charge >= 0.3 is 0 Å². The van der Waals surface area contributed by atoms with E-state index in [4.69, 9.17) is 15.2 Å². The molecule has 4 nitrogen and oxygen atoms in total. The van der Waals surface area contributed by atoms with Crippen LogP contribution in [0, 0.1) is 0 Å². The number of carbonyl (C=O) groups is 1. The molecule has 1 amide bonds. The number of halogens is 2. The lowest BCUT2D eigenvalue weighted by atomic mass is 10.00. The summed E-state index contributed by atoms with van der Waals surface area (Å²) in [5.41, 5.74) is 7.65. The average molecular weight is 429 g/mol. The highest BCUT2D eigenvalue weighted by Gasteiger charge is 2.20. The van der Waals surface area contributed by atoms with Crippen LogP contribution in [0.3, 0.4) is 0 Å². The van der Waals surface area contributed by atoms with Gasteiger partial charge in [0.05, 0.1) is 14.2 Å². The second-order valence-corrected chi connectivity index (χ2v) is 6.38. The Morgan fingerprint density at radius 1 is 1.09 bits per heavy atom. The Hall–Kier alpha value is -1.53. The Morgan fingerprint density at radius 2 is 1.82 bits per heavy atom. The molecule has 2 aromatic carbocycles. The largest absolute Gasteiger partial charge is 0.496 e. The number of ether oxygens (including phenoxy) is 2. The van der Waals surface area contributed by atoms with E-state index in [9.17, 15) is 4.79 Å². The van der Waals surface area contributed by atoms with E-state index >= 15 is 0 Å². The molecule has 2 N–H and O–H groups in total. The summed E-state index contributed by atoms with van der Waals surface area (Å²) in [7, 11) is 3.01. The first-order valence-corrected chi connectivity index (χ1v) is 8.04. The van der Waals surface area contributed by atoms with E-state index in [-0.39, 0.29) is 5.56 Å². The van der Waals surface area contributed by atoms with Gasteiger partial charge in [-0.1, -0.05) is 37.9 Å². The molecule has 0 bridgehead atoms. The van der Waals surface area contributed by atoms with Crippen LogP contribution in [-0.4, -0.2) is 20.1 Å². The predicted molar refractivity (Wildman–Crippen MR) is 92.7 cm³/mol. The molecule has 0 spiro atoms. The highest BCUT2D eigenvalue weighted by Crippen LogP contribution is 2.34. The third kappa shape index (κ3) is 3.44. The van der Waals surface area contributed by atoms with Gasteiger partial charge in [-0.15, -0.1) is 0 Å². The Morgan fingerprint density at radius 3 is 2.41 bits per heavy atom. The van der Waals surface area contributed by atoms with Gasteiger partial charge in [-0.05, 0) is 35.4 Å². The van der Waals surface area contributed by atoms with E-state index in [0.717, 1.165) is 20.1 Å². The number of primary amides is 1. The lowest BCUT2D eigenvalue weighted by molar-refractivity contribution is 0.0994. The van der Waals surface area contributed by atoms with Gasteiger partial charge in [0.25, 0.3) is 5.91 Å². The van der Waals surface area contributed by atoms with Gasteiger partial charge in [0, 0.05) is 15.4 Å². The van der Waals surface area contributed by atoms with Crippen LogP contribution in [0.25, 0.3) is 0 Å². The van der Waals surface area contributed by atoms with E-state index in [1.54, 1.807) is 6.07 Å². The Bertz CT molecular complexity index is 717. The molecule has 0 unspecified atom stereocenters. The van der Waals surface area contributed by atoms with Crippen molar-refractivity contribution in [3.63, 3.8) is 0 Å². The molecule has 2 aromatic rings. The van der Waals surface area contributed by atoms with Crippen molar-refractivity contribution in [2.24, 2.45) is 5.73 Å². The van der Waals surface area contributed by atoms with Crippen LogP contribution < -0.4 is 15.2 Å². The van der Waals surface area contributed by atoms with Crippen LogP contribution in [0.4, 0.5) is 0 Å². The van der Waals surface area contributed by atoms with Gasteiger partial charge < -0.3 is 15.2 Å². The Balaban J connectivity index is 2.54. The highest BCUT2D eigenvalue weighted by atomic mass is 79.9. The first-order chi connectivity index (χ1) is 10.5. The molecule has 6 heteroatoms. The van der Waals surface area contributed by atoms with Crippen molar-refractivity contribution >= 4 is 37.8 Å². The van der Waals surface area contributed by atoms with Crippen LogP contribution in [0.15, 0.2) is 39.3 Å². The van der Waals surface area contributed by atoms with E-state index in [0.29, 0.717) is 17.9 Å². The van der Waals surface area contributed by atoms with E-state index in [1.807, 2.05) is 24.3 Å². The lowest BCUT2D eigenvalue weighted by Gasteiger charge is -2.15. The zero-order chi connectivity index (χ0) is 16.3. The van der Waals surface area contributed by atoms with Crippen LogP contribution in [-0.2, 0) is 6.42 Å². The van der Waals surface area contributed by atoms with Crippen molar-refractivity contribution in [2.45, 2.75) is 6.42 Å². The van der Waals surface area contributed by atoms with Gasteiger partial charge in [-0.2, -0.15) is 0 Å². The van der Waals surface area contributed by atoms with Gasteiger partial charge in [-0.3, -0.25) is 4.79 Å². The van der Waals surface area contributed by atoms with Crippen molar-refractivity contribution in [1.29, 1.82) is 0 Å². The fourth-order valence-corrected chi connectivity index (χ4v) is 3.06. The topological polar surface area (TPSA) is 61.6 Å². The summed E-state index contributed by atoms with van der Waals surface area (Å²) in [6.45, 7) is 0. The van der Waals surface area contributed by atoms with E-state index in [1.165, 1.54) is 14.2 Å². The molecular weight excluding hydrogens is 414 g/mol. The van der Waals surface area contributed by atoms with Gasteiger partial charge in [0.15, 0.2) is 0 Å². The summed E-state index contributed by atoms with van der Waals surface area (Å²) >= 11 is 6.99. The minimum Gasteiger partial charge on any atom is -0.496 e. The summed E-state index contributed by atoms with van der Waals surface area (Å²) in [5, 5.41) is 0. The number of hydrogen-bond acceptors (Lipinski definition) is 3. The lowest BCUT2D eigenvalue weighted by Crippen LogP contribution is -2.15. The number of rotatable bonds is 5. The molecule has 0 aromatic heterocycles. The predicted octanol–water partition coefficient (Wildman–Crippen LogP) is 3.92. The summed E-state index contributed by atoms with van der Waals surface area (Å²) < 4.78 is 12.6. The SMILES string of the molecule is COc1ccc(Cc2cc(Br)ccc2Br)c(OC)c1C(N)=O. The number of methoxy groups -OCH3 is 2. The third-order valence-electron chi connectivity index (χ3n) is 3.26. The quantitative estimate of drug-likeness (QED) is 0.784. The molecule has 0 aliphatic carbocycles. The normalized spacial score (nSPS) is 10.4. The molecule has 0 heterocycles. The molecule has 0 atom stereocenters. The zero-order valence-electron chi connectivity index (χ0n) is 12.2. The average Bonchev–Trinajstić information content (AvgIpc) is 2.50. The number of hydrogen-bond donors (Lipinski definition) is 1. The molecular formula is C16H15Br2NO3. The van der Waals surface area contributed by atoms with Crippen molar-refractivity contribution in [3.05, 3.63) is 56.0 Å². The molecule has 116 valence electrons. The highest BCUT2D eigenvalue weighted by molar-refractivity contribution is 9.11. The molecule has 0 saturated heterocycles. The molecule has 0 saturated carbocycles. The molecule has 2 rings (SSSR count). The van der Waals surface area contributed by atoms with Crippen LogP contribution in [0.5, 0.6) is 11.5 Å². The van der Waals surface area contributed by atoms with Gasteiger partial charge in [0.2, 0.25) is 0 Å². The fourth-order valence-electron chi connectivity index (χ4n) is 2.27. The second kappa shape index (κ2) is 7.15. The van der Waals surface area contributed by atoms with Crippen LogP contribution >= 0.6 is 31.9 Å². The summed E-state index contributed by atoms with van der Waals surface area (Å²) in [5.74, 6) is 0.268. The number of nitrogens with two attached hydrogens (primary N) is 1. The van der Waals surface area contributed by atoms with E-state index in [2.05, 4.69) is 31.9 Å². The summed E-state index contributed by atoms with van der Waals surface area (Å²) in [6.07, 6.45) is 0.591. The van der Waals surface area contributed by atoms with Crippen molar-refractivity contribution in [2.75, 3.05) is 14.2 Å². The summed E-state index contributed by atoms with van der Waals surface area (Å²) in [4.78, 5) is 11.7. The second-order valence-electron chi connectivity index (χ2n) is 4.61. The fraction of sp³-hybridized carbons (Fsp3) is 0.188. The third-order valence-corrected chi connectivity index (χ3v) is 4.53. The van der Waals surface area contributed by atoms with Crippen molar-refractivity contribution in [1.82, 2.24) is 0 Å². The Labute approximate surface area is 145 Å². The van der Waals surface area contributed by atoms with Crippen LogP contribution in [0.1, 0.15) is 21.5 Å². The summed E-state index contributed by atoms with van der Waals surface area (Å²) in [6, 6.07) is 9.52.